The quantitative estimate of drug-likeness (QED) is 0.0845. The van der Waals surface area contributed by atoms with E-state index in [4.69, 9.17) is 14.2 Å². The highest BCUT2D eigenvalue weighted by molar-refractivity contribution is 5.81. The number of rotatable bonds is 20. The molecule has 5 nitrogen and oxygen atoms in total. The molecule has 0 radical (unpaired) electrons. The lowest BCUT2D eigenvalue weighted by atomic mass is 10.0. The van der Waals surface area contributed by atoms with Crippen molar-refractivity contribution in [3.63, 3.8) is 0 Å². The highest BCUT2D eigenvalue weighted by atomic mass is 16.7. The summed E-state index contributed by atoms with van der Waals surface area (Å²) in [5, 5.41) is 0. The Balaban J connectivity index is 2.12. The van der Waals surface area contributed by atoms with E-state index < -0.39 is 6.16 Å². The van der Waals surface area contributed by atoms with E-state index in [1.807, 2.05) is 25.3 Å². The maximum atomic E-state index is 11.6. The van der Waals surface area contributed by atoms with Gasteiger partial charge >= 0.3 is 6.16 Å². The molecule has 33 heavy (non-hydrogen) atoms. The van der Waals surface area contributed by atoms with E-state index in [2.05, 4.69) is 11.9 Å². The Hall–Kier alpha value is -2.04. The first kappa shape index (κ1) is 29.0. The minimum atomic E-state index is -0.724. The van der Waals surface area contributed by atoms with Gasteiger partial charge in [-0.15, -0.1) is 0 Å². The number of hydrogen-bond acceptors (Lipinski definition) is 5. The molecule has 0 bridgehead atoms. The summed E-state index contributed by atoms with van der Waals surface area (Å²) in [5.74, 6) is 0.880. The van der Waals surface area contributed by atoms with Gasteiger partial charge < -0.3 is 14.2 Å². The molecule has 0 saturated carbocycles. The van der Waals surface area contributed by atoms with Gasteiger partial charge in [0.1, 0.15) is 0 Å². The van der Waals surface area contributed by atoms with Crippen LogP contribution in [0.1, 0.15) is 116 Å². The van der Waals surface area contributed by atoms with E-state index in [0.717, 1.165) is 18.5 Å². The minimum absolute atomic E-state index is 0.271. The van der Waals surface area contributed by atoms with Crippen molar-refractivity contribution in [2.75, 3.05) is 19.8 Å². The number of nitrogens with zero attached hydrogens (tertiary/aromatic N) is 1. The van der Waals surface area contributed by atoms with Crippen LogP contribution in [-0.4, -0.2) is 32.1 Å². The number of ether oxygens (including phenoxy) is 3. The van der Waals surface area contributed by atoms with Crippen LogP contribution < -0.4 is 9.47 Å². The minimum Gasteiger partial charge on any atom is -0.490 e. The fraction of sp³-hybridized carbons (Fsp3) is 0.714. The molecule has 5 heteroatoms. The zero-order chi connectivity index (χ0) is 24.0. The summed E-state index contributed by atoms with van der Waals surface area (Å²) < 4.78 is 15.6. The van der Waals surface area contributed by atoms with Crippen LogP contribution in [0.2, 0.25) is 0 Å². The molecule has 0 atom stereocenters. The molecule has 0 spiro atoms. The third-order valence-corrected chi connectivity index (χ3v) is 5.60. The first-order valence-electron chi connectivity index (χ1n) is 13.3. The first-order valence-corrected chi connectivity index (χ1v) is 13.3. The summed E-state index contributed by atoms with van der Waals surface area (Å²) in [4.78, 5) is 16.1. The third kappa shape index (κ3) is 15.4. The molecule has 0 aromatic heterocycles. The number of benzene rings is 1. The molecular formula is C28H47NO4. The van der Waals surface area contributed by atoms with Gasteiger partial charge in [0.15, 0.2) is 11.5 Å². The summed E-state index contributed by atoms with van der Waals surface area (Å²) in [6, 6.07) is 5.42. The van der Waals surface area contributed by atoms with Gasteiger partial charge in [0.05, 0.1) is 13.2 Å². The predicted molar refractivity (Wildman–Crippen MR) is 138 cm³/mol. The van der Waals surface area contributed by atoms with Crippen LogP contribution in [0.4, 0.5) is 4.79 Å². The van der Waals surface area contributed by atoms with Crippen molar-refractivity contribution in [2.24, 2.45) is 4.99 Å². The van der Waals surface area contributed by atoms with Crippen molar-refractivity contribution in [1.82, 2.24) is 0 Å². The van der Waals surface area contributed by atoms with E-state index in [1.54, 1.807) is 13.0 Å². The van der Waals surface area contributed by atoms with Gasteiger partial charge in [-0.05, 0) is 44.0 Å². The topological polar surface area (TPSA) is 57.1 Å². The Morgan fingerprint density at radius 1 is 0.758 bits per heavy atom. The molecular weight excluding hydrogens is 414 g/mol. The average molecular weight is 462 g/mol. The van der Waals surface area contributed by atoms with E-state index in [-0.39, 0.29) is 6.61 Å². The van der Waals surface area contributed by atoms with Crippen molar-refractivity contribution in [3.05, 3.63) is 23.8 Å². The summed E-state index contributed by atoms with van der Waals surface area (Å²) in [7, 11) is 0. The lowest BCUT2D eigenvalue weighted by molar-refractivity contribution is 0.103. The Kier molecular flexibility index (Phi) is 18.1. The van der Waals surface area contributed by atoms with E-state index in [9.17, 15) is 4.79 Å². The summed E-state index contributed by atoms with van der Waals surface area (Å²) >= 11 is 0. The monoisotopic (exact) mass is 461 g/mol. The number of unbranched alkanes of at least 4 members (excludes halogenated alkanes) is 13. The van der Waals surface area contributed by atoms with Crippen molar-refractivity contribution >= 4 is 12.4 Å². The van der Waals surface area contributed by atoms with Crippen LogP contribution in [0.25, 0.3) is 0 Å². The third-order valence-electron chi connectivity index (χ3n) is 5.60. The second kappa shape index (κ2) is 20.6. The first-order chi connectivity index (χ1) is 16.2. The fourth-order valence-corrected chi connectivity index (χ4v) is 3.76. The predicted octanol–water partition coefficient (Wildman–Crippen LogP) is 8.52. The van der Waals surface area contributed by atoms with Gasteiger partial charge in [-0.3, -0.25) is 4.99 Å². The van der Waals surface area contributed by atoms with Crippen molar-refractivity contribution in [1.29, 1.82) is 0 Å². The molecule has 1 aromatic rings. The van der Waals surface area contributed by atoms with E-state index in [1.165, 1.54) is 83.5 Å². The molecule has 0 N–H and O–H groups in total. The maximum absolute atomic E-state index is 11.6. The fourth-order valence-electron chi connectivity index (χ4n) is 3.76. The zero-order valence-corrected chi connectivity index (χ0v) is 21.4. The average Bonchev–Trinajstić information content (AvgIpc) is 2.80. The molecule has 0 amide bonds. The lowest BCUT2D eigenvalue weighted by Crippen LogP contribution is -2.11. The zero-order valence-electron chi connectivity index (χ0n) is 21.4. The van der Waals surface area contributed by atoms with Crippen molar-refractivity contribution in [2.45, 2.75) is 111 Å². The number of hydrogen-bond donors (Lipinski definition) is 0. The Morgan fingerprint density at radius 2 is 1.33 bits per heavy atom. The van der Waals surface area contributed by atoms with Gasteiger partial charge in [-0.1, -0.05) is 90.4 Å². The molecule has 0 fully saturated rings. The summed E-state index contributed by atoms with van der Waals surface area (Å²) in [6.07, 6.45) is 20.2. The van der Waals surface area contributed by atoms with E-state index >= 15 is 0 Å². The second-order valence-corrected chi connectivity index (χ2v) is 8.56. The largest absolute Gasteiger partial charge is 0.513 e. The maximum Gasteiger partial charge on any atom is 0.513 e. The van der Waals surface area contributed by atoms with Gasteiger partial charge in [0.2, 0.25) is 0 Å². The second-order valence-electron chi connectivity index (χ2n) is 8.56. The van der Waals surface area contributed by atoms with Gasteiger partial charge in [0, 0.05) is 12.8 Å². The Morgan fingerprint density at radius 3 is 1.88 bits per heavy atom. The standard InChI is InChI=1S/C28H47NO4/c1-4-7-8-9-10-11-12-13-14-15-16-17-18-19-22-29-24-25-20-21-26(27(23-25)31-5-2)33-28(30)32-6-3/h20-21,23-24H,4-19,22H2,1-3H3. The number of carbonyl (C=O) groups is 1. The highest BCUT2D eigenvalue weighted by Gasteiger charge is 2.11. The summed E-state index contributed by atoms with van der Waals surface area (Å²) in [5.41, 5.74) is 0.931. The molecule has 1 rings (SSSR count). The van der Waals surface area contributed by atoms with Crippen LogP contribution in [0, 0.1) is 0 Å². The van der Waals surface area contributed by atoms with E-state index in [0.29, 0.717) is 18.1 Å². The molecule has 1 aromatic carbocycles. The molecule has 0 aliphatic heterocycles. The smallest absolute Gasteiger partial charge is 0.490 e. The van der Waals surface area contributed by atoms with Crippen LogP contribution in [0.3, 0.4) is 0 Å². The molecule has 0 heterocycles. The van der Waals surface area contributed by atoms with Gasteiger partial charge in [-0.25, -0.2) is 4.79 Å². The number of aliphatic imine (C=N–C) groups is 1. The van der Waals surface area contributed by atoms with Crippen molar-refractivity contribution < 1.29 is 19.0 Å². The van der Waals surface area contributed by atoms with Crippen molar-refractivity contribution in [3.8, 4) is 11.5 Å². The molecule has 0 aliphatic rings. The lowest BCUT2D eigenvalue weighted by Gasteiger charge is -2.10. The number of carbonyl (C=O) groups excluding carboxylic acids is 1. The molecule has 188 valence electrons. The summed E-state index contributed by atoms with van der Waals surface area (Å²) in [6.45, 7) is 7.50. The van der Waals surface area contributed by atoms with Crippen LogP contribution >= 0.6 is 0 Å². The van der Waals surface area contributed by atoms with Crippen LogP contribution in [-0.2, 0) is 4.74 Å². The molecule has 0 saturated heterocycles. The molecule has 0 unspecified atom stereocenters. The van der Waals surface area contributed by atoms with Gasteiger partial charge in [0.25, 0.3) is 0 Å². The normalized spacial score (nSPS) is 11.1. The Bertz CT molecular complexity index is 645. The van der Waals surface area contributed by atoms with Crippen LogP contribution in [0.15, 0.2) is 23.2 Å². The highest BCUT2D eigenvalue weighted by Crippen LogP contribution is 2.28. The Labute approximate surface area is 202 Å². The molecule has 0 aliphatic carbocycles. The van der Waals surface area contributed by atoms with Gasteiger partial charge in [-0.2, -0.15) is 0 Å². The SMILES string of the molecule is CCCCCCCCCCCCCCCCN=Cc1ccc(OC(=O)OCC)c(OCC)c1. The van der Waals surface area contributed by atoms with Crippen LogP contribution in [0.5, 0.6) is 11.5 Å².